The lowest BCUT2D eigenvalue weighted by Crippen LogP contribution is -2.46. The van der Waals surface area contributed by atoms with E-state index in [0.29, 0.717) is 25.0 Å². The molecule has 0 saturated carbocycles. The number of ether oxygens (including phenoxy) is 1. The molecule has 5 nitrogen and oxygen atoms in total. The topological polar surface area (TPSA) is 48.9 Å². The monoisotopic (exact) mass is 428 g/mol. The Kier molecular flexibility index (Phi) is 7.02. The van der Waals surface area contributed by atoms with Crippen LogP contribution in [-0.4, -0.2) is 45.3 Å². The van der Waals surface area contributed by atoms with Gasteiger partial charge in [-0.3, -0.25) is 4.99 Å². The van der Waals surface area contributed by atoms with Crippen molar-refractivity contribution < 1.29 is 13.5 Å². The number of nitrogens with zero attached hydrogens (tertiary/aromatic N) is 2. The minimum absolute atomic E-state index is 0.0554. The fourth-order valence-corrected chi connectivity index (χ4v) is 4.55. The van der Waals surface area contributed by atoms with E-state index in [4.69, 9.17) is 4.74 Å². The summed E-state index contributed by atoms with van der Waals surface area (Å²) in [5.74, 6) is 0.0142. The molecule has 2 aliphatic heterocycles. The molecule has 0 bridgehead atoms. The van der Waals surface area contributed by atoms with Crippen molar-refractivity contribution in [3.63, 3.8) is 0 Å². The number of hydrogen-bond acceptors (Lipinski definition) is 3. The summed E-state index contributed by atoms with van der Waals surface area (Å²) < 4.78 is 34.3. The standard InChI is InChI=1S/C24H30F2N4O/c1-27-24(28-15-18-9-6-14-31-23(18)17-7-3-2-4-8-17)29-19-12-13-30(16-19)22-20(25)10-5-11-21(22)26/h2-5,7-8,10-11,18-19,23H,6,9,12-16H2,1H3,(H2,27,28,29). The van der Waals surface area contributed by atoms with Crippen molar-refractivity contribution in [2.24, 2.45) is 10.9 Å². The van der Waals surface area contributed by atoms with Crippen molar-refractivity contribution in [3.05, 3.63) is 65.7 Å². The highest BCUT2D eigenvalue weighted by Crippen LogP contribution is 2.33. The minimum Gasteiger partial charge on any atom is -0.373 e. The number of anilines is 1. The van der Waals surface area contributed by atoms with Gasteiger partial charge < -0.3 is 20.3 Å². The number of halogens is 2. The molecule has 2 fully saturated rings. The predicted molar refractivity (Wildman–Crippen MR) is 119 cm³/mol. The molecule has 2 aromatic carbocycles. The maximum Gasteiger partial charge on any atom is 0.191 e. The number of benzene rings is 2. The van der Waals surface area contributed by atoms with Crippen LogP contribution in [0.15, 0.2) is 53.5 Å². The van der Waals surface area contributed by atoms with Crippen molar-refractivity contribution in [1.82, 2.24) is 10.6 Å². The van der Waals surface area contributed by atoms with Crippen LogP contribution in [0.1, 0.15) is 30.9 Å². The van der Waals surface area contributed by atoms with Gasteiger partial charge in [0.2, 0.25) is 0 Å². The van der Waals surface area contributed by atoms with Crippen LogP contribution >= 0.6 is 0 Å². The lowest BCUT2D eigenvalue weighted by atomic mass is 9.89. The molecule has 0 radical (unpaired) electrons. The molecule has 0 spiro atoms. The number of guanidine groups is 1. The highest BCUT2D eigenvalue weighted by atomic mass is 19.1. The molecule has 0 amide bonds. The molecule has 3 atom stereocenters. The number of hydrogen-bond donors (Lipinski definition) is 2. The third-order valence-corrected chi connectivity index (χ3v) is 6.11. The number of aliphatic imine (C=N–C) groups is 1. The first-order valence-electron chi connectivity index (χ1n) is 11.0. The Balaban J connectivity index is 1.33. The van der Waals surface area contributed by atoms with E-state index in [2.05, 4.69) is 27.8 Å². The van der Waals surface area contributed by atoms with E-state index in [-0.39, 0.29) is 17.8 Å². The number of rotatable bonds is 5. The molecule has 0 aliphatic carbocycles. The van der Waals surface area contributed by atoms with Crippen LogP contribution in [0, 0.1) is 17.6 Å². The van der Waals surface area contributed by atoms with Crippen LogP contribution in [0.25, 0.3) is 0 Å². The summed E-state index contributed by atoms with van der Waals surface area (Å²) >= 11 is 0. The Morgan fingerprint density at radius 2 is 1.87 bits per heavy atom. The molecule has 2 saturated heterocycles. The van der Waals surface area contributed by atoms with Gasteiger partial charge in [0.05, 0.1) is 6.10 Å². The predicted octanol–water partition coefficient (Wildman–Crippen LogP) is 3.88. The summed E-state index contributed by atoms with van der Waals surface area (Å²) in [4.78, 5) is 6.11. The molecule has 2 aromatic rings. The third-order valence-electron chi connectivity index (χ3n) is 6.11. The maximum atomic E-state index is 14.1. The van der Waals surface area contributed by atoms with Crippen LogP contribution in [0.3, 0.4) is 0 Å². The highest BCUT2D eigenvalue weighted by molar-refractivity contribution is 5.80. The van der Waals surface area contributed by atoms with Gasteiger partial charge in [0.15, 0.2) is 5.96 Å². The third kappa shape index (κ3) is 5.15. The average Bonchev–Trinajstić information content (AvgIpc) is 3.25. The van der Waals surface area contributed by atoms with Gasteiger partial charge in [-0.1, -0.05) is 36.4 Å². The molecule has 3 unspecified atom stereocenters. The van der Waals surface area contributed by atoms with Gasteiger partial charge in [0, 0.05) is 45.2 Å². The second-order valence-corrected chi connectivity index (χ2v) is 8.20. The van der Waals surface area contributed by atoms with Gasteiger partial charge in [0.25, 0.3) is 0 Å². The Labute approximate surface area is 182 Å². The first-order chi connectivity index (χ1) is 15.2. The second kappa shape index (κ2) is 10.1. The summed E-state index contributed by atoms with van der Waals surface area (Å²) in [6, 6.07) is 14.4. The largest absolute Gasteiger partial charge is 0.373 e. The molecule has 0 aromatic heterocycles. The van der Waals surface area contributed by atoms with Gasteiger partial charge in [-0.25, -0.2) is 8.78 Å². The van der Waals surface area contributed by atoms with Crippen LogP contribution in [0.4, 0.5) is 14.5 Å². The number of para-hydroxylation sites is 1. The molecule has 2 N–H and O–H groups in total. The fourth-order valence-electron chi connectivity index (χ4n) is 4.55. The van der Waals surface area contributed by atoms with Gasteiger partial charge in [-0.05, 0) is 37.0 Å². The van der Waals surface area contributed by atoms with E-state index in [1.165, 1.54) is 23.8 Å². The van der Waals surface area contributed by atoms with Gasteiger partial charge in [0.1, 0.15) is 17.3 Å². The molecule has 7 heteroatoms. The highest BCUT2D eigenvalue weighted by Gasteiger charge is 2.29. The SMILES string of the molecule is CN=C(NCC1CCCOC1c1ccccc1)NC1CCN(c2c(F)cccc2F)C1. The summed E-state index contributed by atoms with van der Waals surface area (Å²) in [7, 11) is 1.74. The van der Waals surface area contributed by atoms with Gasteiger partial charge in [-0.15, -0.1) is 0 Å². The number of nitrogens with one attached hydrogen (secondary N) is 2. The molecule has 2 aliphatic rings. The van der Waals surface area contributed by atoms with Crippen molar-refractivity contribution in [2.75, 3.05) is 38.2 Å². The Bertz CT molecular complexity index is 872. The molecule has 4 rings (SSSR count). The van der Waals surface area contributed by atoms with Crippen LogP contribution in [-0.2, 0) is 4.74 Å². The van der Waals surface area contributed by atoms with E-state index in [9.17, 15) is 8.78 Å². The quantitative estimate of drug-likeness (QED) is 0.561. The lowest BCUT2D eigenvalue weighted by Gasteiger charge is -2.33. The zero-order chi connectivity index (χ0) is 21.6. The van der Waals surface area contributed by atoms with Crippen molar-refractivity contribution in [3.8, 4) is 0 Å². The summed E-state index contributed by atoms with van der Waals surface area (Å²) in [6.07, 6.45) is 3.00. The van der Waals surface area contributed by atoms with E-state index in [1.54, 1.807) is 11.9 Å². The first-order valence-corrected chi connectivity index (χ1v) is 11.0. The van der Waals surface area contributed by atoms with E-state index < -0.39 is 11.6 Å². The second-order valence-electron chi connectivity index (χ2n) is 8.20. The van der Waals surface area contributed by atoms with E-state index in [0.717, 1.165) is 32.4 Å². The summed E-state index contributed by atoms with van der Waals surface area (Å²) in [6.45, 7) is 2.65. The van der Waals surface area contributed by atoms with E-state index >= 15 is 0 Å². The van der Waals surface area contributed by atoms with Crippen molar-refractivity contribution in [1.29, 1.82) is 0 Å². The molecular formula is C24H30F2N4O. The van der Waals surface area contributed by atoms with Gasteiger partial charge >= 0.3 is 0 Å². The maximum absolute atomic E-state index is 14.1. The van der Waals surface area contributed by atoms with Crippen LogP contribution < -0.4 is 15.5 Å². The van der Waals surface area contributed by atoms with Crippen molar-refractivity contribution in [2.45, 2.75) is 31.4 Å². The van der Waals surface area contributed by atoms with Crippen LogP contribution in [0.2, 0.25) is 0 Å². The van der Waals surface area contributed by atoms with Gasteiger partial charge in [-0.2, -0.15) is 0 Å². The normalized spacial score (nSPS) is 24.3. The Hall–Kier alpha value is -2.67. The van der Waals surface area contributed by atoms with Crippen molar-refractivity contribution >= 4 is 11.6 Å². The average molecular weight is 429 g/mol. The zero-order valence-corrected chi connectivity index (χ0v) is 17.9. The molecule has 166 valence electrons. The smallest absolute Gasteiger partial charge is 0.191 e. The minimum atomic E-state index is -0.521. The zero-order valence-electron chi connectivity index (χ0n) is 17.9. The molecule has 2 heterocycles. The summed E-state index contributed by atoms with van der Waals surface area (Å²) in [5.41, 5.74) is 1.26. The lowest BCUT2D eigenvalue weighted by molar-refractivity contribution is -0.0265. The Morgan fingerprint density at radius 1 is 1.10 bits per heavy atom. The Morgan fingerprint density at radius 3 is 2.61 bits per heavy atom. The van der Waals surface area contributed by atoms with Crippen LogP contribution in [0.5, 0.6) is 0 Å². The van der Waals surface area contributed by atoms with E-state index in [1.807, 2.05) is 18.2 Å². The molecule has 31 heavy (non-hydrogen) atoms. The molecular weight excluding hydrogens is 398 g/mol. The first kappa shape index (κ1) is 21.6. The summed E-state index contributed by atoms with van der Waals surface area (Å²) in [5, 5.41) is 6.85. The fraction of sp³-hybridized carbons (Fsp3) is 0.458.